The summed E-state index contributed by atoms with van der Waals surface area (Å²) in [5.74, 6) is -2.41. The molecule has 0 aliphatic rings. The lowest BCUT2D eigenvalue weighted by Gasteiger charge is -2.07. The maximum Gasteiger partial charge on any atom is 0.343 e. The number of carbonyl (C=O) groups is 1. The molecule has 0 radical (unpaired) electrons. The van der Waals surface area contributed by atoms with Crippen molar-refractivity contribution < 1.29 is 13.6 Å². The summed E-state index contributed by atoms with van der Waals surface area (Å²) < 4.78 is 28.2. The Morgan fingerprint density at radius 2 is 2.09 bits per heavy atom. The molecule has 1 aromatic carbocycles. The molecule has 0 aliphatic heterocycles. The SMILES string of the molecule is CCCn1c(SCC(=O)Nc2c(F)cccc2F)n[nH]c1=O. The quantitative estimate of drug-likeness (QED) is 0.795. The van der Waals surface area contributed by atoms with E-state index in [1.807, 2.05) is 6.92 Å². The minimum atomic E-state index is -0.846. The van der Waals surface area contributed by atoms with Crippen LogP contribution in [-0.4, -0.2) is 26.4 Å². The summed E-state index contributed by atoms with van der Waals surface area (Å²) in [6.07, 6.45) is 0.736. The van der Waals surface area contributed by atoms with Gasteiger partial charge >= 0.3 is 5.69 Å². The topological polar surface area (TPSA) is 79.8 Å². The number of hydrogen-bond donors (Lipinski definition) is 2. The van der Waals surface area contributed by atoms with Crippen molar-refractivity contribution in [3.05, 3.63) is 40.3 Å². The van der Waals surface area contributed by atoms with Crippen molar-refractivity contribution in [3.63, 3.8) is 0 Å². The number of rotatable bonds is 6. The molecule has 1 amide bonds. The van der Waals surface area contributed by atoms with Crippen molar-refractivity contribution in [1.82, 2.24) is 14.8 Å². The number of H-pyrrole nitrogens is 1. The van der Waals surface area contributed by atoms with Gasteiger partial charge in [0.1, 0.15) is 17.3 Å². The predicted octanol–water partition coefficient (Wildman–Crippen LogP) is 1.99. The molecular weight excluding hydrogens is 314 g/mol. The third-order valence-electron chi connectivity index (χ3n) is 2.73. The van der Waals surface area contributed by atoms with Crippen molar-refractivity contribution in [1.29, 1.82) is 0 Å². The fourth-order valence-corrected chi connectivity index (χ4v) is 2.53. The molecule has 2 rings (SSSR count). The van der Waals surface area contributed by atoms with Crippen LogP contribution in [0.1, 0.15) is 13.3 Å². The van der Waals surface area contributed by atoms with Gasteiger partial charge in [-0.3, -0.25) is 9.36 Å². The molecule has 22 heavy (non-hydrogen) atoms. The van der Waals surface area contributed by atoms with Gasteiger partial charge in [0.25, 0.3) is 0 Å². The van der Waals surface area contributed by atoms with Crippen LogP contribution in [0.3, 0.4) is 0 Å². The van der Waals surface area contributed by atoms with Gasteiger partial charge in [0.05, 0.1) is 5.75 Å². The molecule has 0 saturated heterocycles. The zero-order valence-corrected chi connectivity index (χ0v) is 12.5. The number of aromatic amines is 1. The van der Waals surface area contributed by atoms with Crippen LogP contribution in [0, 0.1) is 11.6 Å². The van der Waals surface area contributed by atoms with E-state index in [2.05, 4.69) is 15.5 Å². The van der Waals surface area contributed by atoms with E-state index >= 15 is 0 Å². The van der Waals surface area contributed by atoms with Crippen LogP contribution in [0.25, 0.3) is 0 Å². The molecule has 9 heteroatoms. The third kappa shape index (κ3) is 3.73. The van der Waals surface area contributed by atoms with Crippen LogP contribution in [0.5, 0.6) is 0 Å². The van der Waals surface area contributed by atoms with E-state index in [1.54, 1.807) is 0 Å². The van der Waals surface area contributed by atoms with E-state index in [-0.39, 0.29) is 11.4 Å². The van der Waals surface area contributed by atoms with E-state index in [9.17, 15) is 18.4 Å². The van der Waals surface area contributed by atoms with Crippen LogP contribution in [0.2, 0.25) is 0 Å². The van der Waals surface area contributed by atoms with Gasteiger partial charge in [-0.2, -0.15) is 0 Å². The number of nitrogens with one attached hydrogen (secondary N) is 2. The summed E-state index contributed by atoms with van der Waals surface area (Å²) in [5, 5.41) is 8.64. The molecule has 118 valence electrons. The molecule has 2 aromatic rings. The largest absolute Gasteiger partial charge is 0.343 e. The maximum atomic E-state index is 13.4. The van der Waals surface area contributed by atoms with Gasteiger partial charge in [-0.25, -0.2) is 18.7 Å². The van der Waals surface area contributed by atoms with Gasteiger partial charge < -0.3 is 5.32 Å². The van der Waals surface area contributed by atoms with Crippen molar-refractivity contribution in [3.8, 4) is 0 Å². The second-order valence-electron chi connectivity index (χ2n) is 4.40. The standard InChI is InChI=1S/C13H14F2N4O2S/c1-2-6-19-12(21)17-18-13(19)22-7-10(20)16-11-8(14)4-3-5-9(11)15/h3-5H,2,6-7H2,1H3,(H,16,20)(H,17,21). The van der Waals surface area contributed by atoms with Crippen LogP contribution in [0.4, 0.5) is 14.5 Å². The number of carbonyl (C=O) groups excluding carboxylic acids is 1. The van der Waals surface area contributed by atoms with Gasteiger partial charge in [-0.15, -0.1) is 5.10 Å². The van der Waals surface area contributed by atoms with Gasteiger partial charge in [0.15, 0.2) is 5.16 Å². The zero-order valence-electron chi connectivity index (χ0n) is 11.7. The molecule has 1 heterocycles. The Labute approximate surface area is 128 Å². The average molecular weight is 328 g/mol. The van der Waals surface area contributed by atoms with Crippen molar-refractivity contribution in [2.45, 2.75) is 25.0 Å². The molecule has 0 saturated carbocycles. The summed E-state index contributed by atoms with van der Waals surface area (Å²) in [6.45, 7) is 2.38. The zero-order chi connectivity index (χ0) is 16.1. The number of anilines is 1. The van der Waals surface area contributed by atoms with Crippen molar-refractivity contribution >= 4 is 23.4 Å². The summed E-state index contributed by atoms with van der Waals surface area (Å²) in [4.78, 5) is 23.3. The molecular formula is C13H14F2N4O2S. The van der Waals surface area contributed by atoms with E-state index in [0.29, 0.717) is 11.7 Å². The lowest BCUT2D eigenvalue weighted by molar-refractivity contribution is -0.113. The van der Waals surface area contributed by atoms with Crippen LogP contribution < -0.4 is 11.0 Å². The number of aromatic nitrogens is 3. The van der Waals surface area contributed by atoms with E-state index < -0.39 is 23.2 Å². The maximum absolute atomic E-state index is 13.4. The molecule has 0 fully saturated rings. The number of halogens is 2. The van der Waals surface area contributed by atoms with Crippen LogP contribution >= 0.6 is 11.8 Å². The number of nitrogens with zero attached hydrogens (tertiary/aromatic N) is 2. The number of benzene rings is 1. The Morgan fingerprint density at radius 1 is 1.41 bits per heavy atom. The first-order valence-electron chi connectivity index (χ1n) is 6.54. The number of para-hydroxylation sites is 1. The van der Waals surface area contributed by atoms with Crippen LogP contribution in [0.15, 0.2) is 28.2 Å². The average Bonchev–Trinajstić information content (AvgIpc) is 2.82. The smallest absolute Gasteiger partial charge is 0.320 e. The molecule has 0 aliphatic carbocycles. The summed E-state index contributed by atoms with van der Waals surface area (Å²) in [5.41, 5.74) is -0.842. The van der Waals surface area contributed by atoms with Gasteiger partial charge in [-0.05, 0) is 18.6 Å². The molecule has 6 nitrogen and oxygen atoms in total. The highest BCUT2D eigenvalue weighted by Crippen LogP contribution is 2.19. The van der Waals surface area contributed by atoms with E-state index in [0.717, 1.165) is 30.3 Å². The summed E-state index contributed by atoms with van der Waals surface area (Å²) in [7, 11) is 0. The van der Waals surface area contributed by atoms with Gasteiger partial charge in [-0.1, -0.05) is 24.8 Å². The number of thioether (sulfide) groups is 1. The second kappa shape index (κ2) is 7.21. The minimum Gasteiger partial charge on any atom is -0.320 e. The molecule has 2 N–H and O–H groups in total. The molecule has 0 bridgehead atoms. The Hall–Kier alpha value is -2.16. The minimum absolute atomic E-state index is 0.123. The first-order chi connectivity index (χ1) is 10.5. The predicted molar refractivity (Wildman–Crippen MR) is 78.9 cm³/mol. The lowest BCUT2D eigenvalue weighted by Crippen LogP contribution is -2.19. The molecule has 0 spiro atoms. The Balaban J connectivity index is 2.00. The Kier molecular flexibility index (Phi) is 5.31. The first kappa shape index (κ1) is 16.2. The number of hydrogen-bond acceptors (Lipinski definition) is 4. The highest BCUT2D eigenvalue weighted by atomic mass is 32.2. The highest BCUT2D eigenvalue weighted by molar-refractivity contribution is 7.99. The summed E-state index contributed by atoms with van der Waals surface area (Å²) in [6, 6.07) is 3.32. The molecule has 1 aromatic heterocycles. The Bertz CT molecular complexity index is 709. The van der Waals surface area contributed by atoms with Gasteiger partial charge in [0.2, 0.25) is 5.91 Å². The highest BCUT2D eigenvalue weighted by Gasteiger charge is 2.14. The van der Waals surface area contributed by atoms with E-state index in [4.69, 9.17) is 0 Å². The lowest BCUT2D eigenvalue weighted by atomic mass is 10.3. The van der Waals surface area contributed by atoms with Gasteiger partial charge in [0, 0.05) is 6.54 Å². The first-order valence-corrected chi connectivity index (χ1v) is 7.53. The fourth-order valence-electron chi connectivity index (χ4n) is 1.76. The molecule has 0 atom stereocenters. The van der Waals surface area contributed by atoms with Crippen molar-refractivity contribution in [2.75, 3.05) is 11.1 Å². The third-order valence-corrected chi connectivity index (χ3v) is 3.71. The van der Waals surface area contributed by atoms with Crippen molar-refractivity contribution in [2.24, 2.45) is 0 Å². The number of amides is 1. The Morgan fingerprint density at radius 3 is 2.73 bits per heavy atom. The fraction of sp³-hybridized carbons (Fsp3) is 0.308. The second-order valence-corrected chi connectivity index (χ2v) is 5.34. The molecule has 0 unspecified atom stereocenters. The normalized spacial score (nSPS) is 10.7. The van der Waals surface area contributed by atoms with E-state index in [1.165, 1.54) is 10.6 Å². The monoisotopic (exact) mass is 328 g/mol. The summed E-state index contributed by atoms with van der Waals surface area (Å²) >= 11 is 1.01. The van der Waals surface area contributed by atoms with Crippen LogP contribution in [-0.2, 0) is 11.3 Å².